The maximum atomic E-state index is 12.1. The van der Waals surface area contributed by atoms with Crippen molar-refractivity contribution in [3.63, 3.8) is 0 Å². The lowest BCUT2D eigenvalue weighted by Gasteiger charge is -2.51. The van der Waals surface area contributed by atoms with Crippen LogP contribution in [0, 0.1) is 0 Å². The molecular weight excluding hydrogens is 268 g/mol. The lowest BCUT2D eigenvalue weighted by Crippen LogP contribution is -2.68. The molecule has 1 aromatic rings. The zero-order valence-corrected chi connectivity index (χ0v) is 12.4. The van der Waals surface area contributed by atoms with Crippen LogP contribution in [0.1, 0.15) is 12.5 Å². The first kappa shape index (κ1) is 14.4. The number of rotatable bonds is 3. The van der Waals surface area contributed by atoms with Crippen LogP contribution in [0.4, 0.5) is 4.79 Å². The van der Waals surface area contributed by atoms with E-state index in [0.717, 1.165) is 38.4 Å². The van der Waals surface area contributed by atoms with Crippen LogP contribution in [0.15, 0.2) is 30.3 Å². The van der Waals surface area contributed by atoms with Crippen LogP contribution < -0.4 is 0 Å². The van der Waals surface area contributed by atoms with Crippen LogP contribution in [0.25, 0.3) is 0 Å². The molecule has 0 N–H and O–H groups in total. The Morgan fingerprint density at radius 3 is 2.67 bits per heavy atom. The van der Waals surface area contributed by atoms with Gasteiger partial charge in [0.2, 0.25) is 0 Å². The molecule has 1 aromatic carbocycles. The summed E-state index contributed by atoms with van der Waals surface area (Å²) in [4.78, 5) is 16.3. The number of hydrogen-bond donors (Lipinski definition) is 0. The summed E-state index contributed by atoms with van der Waals surface area (Å²) in [6.45, 7) is 6.69. The fraction of sp³-hybridized carbons (Fsp3) is 0.562. The molecule has 21 heavy (non-hydrogen) atoms. The first-order valence-electron chi connectivity index (χ1n) is 7.55. The Balaban J connectivity index is 1.46. The number of morpholine rings is 1. The van der Waals surface area contributed by atoms with Crippen molar-refractivity contribution in [2.45, 2.75) is 25.6 Å². The van der Waals surface area contributed by atoms with Gasteiger partial charge in [0.15, 0.2) is 0 Å². The summed E-state index contributed by atoms with van der Waals surface area (Å²) < 4.78 is 10.8. The van der Waals surface area contributed by atoms with E-state index in [2.05, 4.69) is 11.8 Å². The first-order chi connectivity index (χ1) is 10.3. The van der Waals surface area contributed by atoms with Crippen LogP contribution in [-0.4, -0.2) is 60.8 Å². The van der Waals surface area contributed by atoms with Crippen molar-refractivity contribution in [1.29, 1.82) is 0 Å². The quantitative estimate of drug-likeness (QED) is 0.850. The van der Waals surface area contributed by atoms with Crippen molar-refractivity contribution < 1.29 is 14.3 Å². The third-order valence-electron chi connectivity index (χ3n) is 4.39. The number of amides is 1. The van der Waals surface area contributed by atoms with E-state index in [1.165, 1.54) is 0 Å². The molecule has 2 saturated heterocycles. The Kier molecular flexibility index (Phi) is 4.41. The molecule has 2 heterocycles. The smallest absolute Gasteiger partial charge is 0.410 e. The topological polar surface area (TPSA) is 42.0 Å². The van der Waals surface area contributed by atoms with Gasteiger partial charge in [0, 0.05) is 31.7 Å². The van der Waals surface area contributed by atoms with Gasteiger partial charge in [-0.05, 0) is 12.5 Å². The van der Waals surface area contributed by atoms with Crippen LogP contribution in [0.2, 0.25) is 0 Å². The molecule has 0 aliphatic carbocycles. The molecule has 5 heteroatoms. The minimum absolute atomic E-state index is 0.212. The van der Waals surface area contributed by atoms with Crippen molar-refractivity contribution in [2.75, 3.05) is 32.8 Å². The Bertz CT molecular complexity index is 474. The lowest BCUT2D eigenvalue weighted by molar-refractivity contribution is -0.0585. The zero-order valence-electron chi connectivity index (χ0n) is 12.4. The van der Waals surface area contributed by atoms with Gasteiger partial charge in [0.25, 0.3) is 0 Å². The van der Waals surface area contributed by atoms with Crippen LogP contribution >= 0.6 is 0 Å². The average molecular weight is 290 g/mol. The van der Waals surface area contributed by atoms with Gasteiger partial charge in [-0.3, -0.25) is 4.90 Å². The van der Waals surface area contributed by atoms with Gasteiger partial charge < -0.3 is 14.4 Å². The highest BCUT2D eigenvalue weighted by Crippen LogP contribution is 2.25. The van der Waals surface area contributed by atoms with Crippen molar-refractivity contribution in [1.82, 2.24) is 9.80 Å². The van der Waals surface area contributed by atoms with Gasteiger partial charge >= 0.3 is 6.09 Å². The predicted molar refractivity (Wildman–Crippen MR) is 79.0 cm³/mol. The van der Waals surface area contributed by atoms with Gasteiger partial charge in [-0.25, -0.2) is 4.79 Å². The number of carbonyl (C=O) groups excluding carboxylic acids is 1. The van der Waals surface area contributed by atoms with Crippen LogP contribution in [0.5, 0.6) is 0 Å². The number of carbonyl (C=O) groups is 1. The number of nitrogens with zero attached hydrogens (tertiary/aromatic N) is 2. The van der Waals surface area contributed by atoms with Gasteiger partial charge in [0.05, 0.1) is 13.2 Å². The fourth-order valence-electron chi connectivity index (χ4n) is 2.96. The zero-order chi connectivity index (χ0) is 14.7. The van der Waals surface area contributed by atoms with E-state index in [-0.39, 0.29) is 12.1 Å². The third kappa shape index (κ3) is 3.19. The highest BCUT2D eigenvalue weighted by molar-refractivity contribution is 5.69. The molecule has 0 bridgehead atoms. The summed E-state index contributed by atoms with van der Waals surface area (Å²) in [5.41, 5.74) is 1.02. The Morgan fingerprint density at radius 1 is 1.29 bits per heavy atom. The molecule has 0 unspecified atom stereocenters. The maximum Gasteiger partial charge on any atom is 0.410 e. The van der Waals surface area contributed by atoms with E-state index < -0.39 is 0 Å². The molecule has 3 rings (SSSR count). The lowest BCUT2D eigenvalue weighted by atomic mass is 9.97. The summed E-state index contributed by atoms with van der Waals surface area (Å²) in [5.74, 6) is 0. The number of benzene rings is 1. The third-order valence-corrected chi connectivity index (χ3v) is 4.39. The summed E-state index contributed by atoms with van der Waals surface area (Å²) in [6.07, 6.45) is -0.212. The first-order valence-corrected chi connectivity index (χ1v) is 7.55. The molecule has 114 valence electrons. The molecule has 2 aliphatic rings. The number of likely N-dealkylation sites (tertiary alicyclic amines) is 1. The molecule has 0 spiro atoms. The minimum Gasteiger partial charge on any atom is -0.445 e. The second-order valence-electron chi connectivity index (χ2n) is 5.65. The van der Waals surface area contributed by atoms with E-state index in [9.17, 15) is 4.79 Å². The van der Waals surface area contributed by atoms with E-state index in [1.54, 1.807) is 0 Å². The molecule has 2 atom stereocenters. The molecule has 1 amide bonds. The predicted octanol–water partition coefficient (Wildman–Crippen LogP) is 1.73. The number of hydrogen-bond acceptors (Lipinski definition) is 4. The highest BCUT2D eigenvalue weighted by Gasteiger charge is 2.43. The molecule has 2 aliphatic heterocycles. The van der Waals surface area contributed by atoms with E-state index >= 15 is 0 Å². The fourth-order valence-corrected chi connectivity index (χ4v) is 2.96. The standard InChI is InChI=1S/C16H22N2O3/c1-13-15(17-7-9-20-10-8-17)11-18(13)16(19)21-12-14-5-3-2-4-6-14/h2-6,13,15H,7-12H2,1H3/t13-,15+/m1/s1. The SMILES string of the molecule is C[C@@H]1[C@@H](N2CCOCC2)CN1C(=O)OCc1ccccc1. The second kappa shape index (κ2) is 6.45. The highest BCUT2D eigenvalue weighted by atomic mass is 16.6. The van der Waals surface area contributed by atoms with E-state index in [4.69, 9.17) is 9.47 Å². The van der Waals surface area contributed by atoms with Crippen molar-refractivity contribution in [3.8, 4) is 0 Å². The Hall–Kier alpha value is -1.59. The van der Waals surface area contributed by atoms with Crippen molar-refractivity contribution in [3.05, 3.63) is 35.9 Å². The van der Waals surface area contributed by atoms with Crippen molar-refractivity contribution in [2.24, 2.45) is 0 Å². The van der Waals surface area contributed by atoms with Gasteiger partial charge in [-0.2, -0.15) is 0 Å². The second-order valence-corrected chi connectivity index (χ2v) is 5.65. The Morgan fingerprint density at radius 2 is 2.00 bits per heavy atom. The van der Waals surface area contributed by atoms with Crippen LogP contribution in [-0.2, 0) is 16.1 Å². The summed E-state index contributed by atoms with van der Waals surface area (Å²) in [6, 6.07) is 10.4. The van der Waals surface area contributed by atoms with Crippen LogP contribution in [0.3, 0.4) is 0 Å². The molecular formula is C16H22N2O3. The average Bonchev–Trinajstić information content (AvgIpc) is 2.53. The Labute approximate surface area is 125 Å². The normalized spacial score (nSPS) is 26.2. The summed E-state index contributed by atoms with van der Waals surface area (Å²) in [7, 11) is 0. The minimum atomic E-state index is -0.212. The van der Waals surface area contributed by atoms with Gasteiger partial charge in [-0.1, -0.05) is 30.3 Å². The monoisotopic (exact) mass is 290 g/mol. The van der Waals surface area contributed by atoms with Crippen molar-refractivity contribution >= 4 is 6.09 Å². The molecule has 0 radical (unpaired) electrons. The molecule has 2 fully saturated rings. The molecule has 0 aromatic heterocycles. The van der Waals surface area contributed by atoms with E-state index in [1.807, 2.05) is 35.2 Å². The largest absolute Gasteiger partial charge is 0.445 e. The summed E-state index contributed by atoms with van der Waals surface area (Å²) in [5, 5.41) is 0. The molecule has 0 saturated carbocycles. The van der Waals surface area contributed by atoms with Gasteiger partial charge in [0.1, 0.15) is 6.61 Å². The number of ether oxygens (including phenoxy) is 2. The van der Waals surface area contributed by atoms with Gasteiger partial charge in [-0.15, -0.1) is 0 Å². The summed E-state index contributed by atoms with van der Waals surface area (Å²) >= 11 is 0. The van der Waals surface area contributed by atoms with E-state index in [0.29, 0.717) is 12.6 Å². The molecule has 5 nitrogen and oxygen atoms in total. The maximum absolute atomic E-state index is 12.1.